The zero-order valence-corrected chi connectivity index (χ0v) is 14.6. The molecule has 1 aromatic rings. The van der Waals surface area contributed by atoms with Gasteiger partial charge in [-0.05, 0) is 50.8 Å². The molecule has 1 aromatic carbocycles. The van der Waals surface area contributed by atoms with Gasteiger partial charge in [-0.2, -0.15) is 0 Å². The molecule has 24 heavy (non-hydrogen) atoms. The number of nitrogens with two attached hydrogens (primary N) is 1. The Morgan fingerprint density at radius 1 is 1.17 bits per heavy atom. The molecule has 5 heteroatoms. The van der Waals surface area contributed by atoms with Crippen molar-refractivity contribution in [3.05, 3.63) is 35.9 Å². The van der Waals surface area contributed by atoms with Crippen molar-refractivity contribution in [3.8, 4) is 0 Å². The largest absolute Gasteiger partial charge is 0.368 e. The molecule has 5 nitrogen and oxygen atoms in total. The van der Waals surface area contributed by atoms with Gasteiger partial charge < -0.3 is 10.6 Å². The highest BCUT2D eigenvalue weighted by Crippen LogP contribution is 2.51. The molecule has 1 saturated heterocycles. The molecule has 1 saturated carbocycles. The fraction of sp³-hybridized carbons (Fsp3) is 0.579. The number of hydrogen-bond acceptors (Lipinski definition) is 3. The van der Waals surface area contributed by atoms with Gasteiger partial charge in [-0.3, -0.25) is 14.5 Å². The van der Waals surface area contributed by atoms with Crippen LogP contribution in [0.4, 0.5) is 0 Å². The zero-order chi connectivity index (χ0) is 17.4. The van der Waals surface area contributed by atoms with Crippen LogP contribution < -0.4 is 5.73 Å². The molecule has 1 aliphatic carbocycles. The Morgan fingerprint density at radius 3 is 2.33 bits per heavy atom. The van der Waals surface area contributed by atoms with Crippen LogP contribution in [-0.2, 0) is 15.1 Å². The number of carbonyl (C=O) groups excluding carboxylic acids is 2. The predicted octanol–water partition coefficient (Wildman–Crippen LogP) is 1.72. The molecule has 2 aliphatic rings. The topological polar surface area (TPSA) is 66.6 Å². The Bertz CT molecular complexity index is 619. The third-order valence-electron chi connectivity index (χ3n) is 6.06. The molecule has 2 amide bonds. The minimum atomic E-state index is -0.428. The summed E-state index contributed by atoms with van der Waals surface area (Å²) in [5, 5.41) is 0. The van der Waals surface area contributed by atoms with Gasteiger partial charge in [0.05, 0.1) is 6.54 Å². The predicted molar refractivity (Wildman–Crippen MR) is 93.1 cm³/mol. The Morgan fingerprint density at radius 2 is 1.79 bits per heavy atom. The summed E-state index contributed by atoms with van der Waals surface area (Å²) < 4.78 is 0. The molecule has 1 heterocycles. The van der Waals surface area contributed by atoms with Crippen LogP contribution in [0, 0.1) is 5.41 Å². The van der Waals surface area contributed by atoms with Crippen molar-refractivity contribution in [3.63, 3.8) is 0 Å². The number of hydrogen-bond donors (Lipinski definition) is 1. The summed E-state index contributed by atoms with van der Waals surface area (Å²) in [6.45, 7) is 0.727. The summed E-state index contributed by atoms with van der Waals surface area (Å²) in [5.41, 5.74) is 6.67. The number of likely N-dealkylation sites (tertiary alicyclic amines) is 1. The maximum Gasteiger partial charge on any atom is 0.237 e. The van der Waals surface area contributed by atoms with E-state index in [-0.39, 0.29) is 23.4 Å². The van der Waals surface area contributed by atoms with Gasteiger partial charge in [-0.1, -0.05) is 30.3 Å². The highest BCUT2D eigenvalue weighted by molar-refractivity contribution is 5.85. The number of carbonyl (C=O) groups is 2. The quantitative estimate of drug-likeness (QED) is 0.915. The molecule has 0 bridgehead atoms. The summed E-state index contributed by atoms with van der Waals surface area (Å²) in [4.78, 5) is 27.4. The Balaban J connectivity index is 1.77. The smallest absolute Gasteiger partial charge is 0.237 e. The van der Waals surface area contributed by atoms with E-state index in [1.54, 1.807) is 4.90 Å². The second-order valence-corrected chi connectivity index (χ2v) is 7.68. The van der Waals surface area contributed by atoms with Crippen molar-refractivity contribution in [1.29, 1.82) is 0 Å². The zero-order valence-electron chi connectivity index (χ0n) is 14.6. The van der Waals surface area contributed by atoms with Crippen LogP contribution in [0.3, 0.4) is 0 Å². The van der Waals surface area contributed by atoms with Crippen molar-refractivity contribution in [2.45, 2.75) is 37.6 Å². The van der Waals surface area contributed by atoms with E-state index in [1.165, 1.54) is 5.56 Å². The Kier molecular flexibility index (Phi) is 4.38. The third-order valence-corrected chi connectivity index (χ3v) is 6.06. The normalized spacial score (nSPS) is 30.3. The lowest BCUT2D eigenvalue weighted by atomic mass is 9.64. The van der Waals surface area contributed by atoms with Gasteiger partial charge in [0.25, 0.3) is 0 Å². The van der Waals surface area contributed by atoms with Gasteiger partial charge >= 0.3 is 0 Å². The molecular formula is C19H27N3O2. The molecule has 0 radical (unpaired) electrons. The monoisotopic (exact) mass is 329 g/mol. The maximum atomic E-state index is 12.3. The van der Waals surface area contributed by atoms with Crippen LogP contribution in [-0.4, -0.2) is 48.8 Å². The number of primary amides is 1. The fourth-order valence-electron chi connectivity index (χ4n) is 4.59. The van der Waals surface area contributed by atoms with Crippen LogP contribution in [0.5, 0.6) is 0 Å². The standard InChI is InChI=1S/C19H27N3O2/c1-21(2)19(15-6-4-3-5-7-15)10-8-18(9-11-19)12-17(24)22(14-18)13-16(20)23/h3-7H,8-14H2,1-2H3,(H2,20,23)/t18-,19-. The van der Waals surface area contributed by atoms with Gasteiger partial charge in [-0.25, -0.2) is 0 Å². The number of rotatable bonds is 4. The number of amides is 2. The van der Waals surface area contributed by atoms with Gasteiger partial charge in [-0.15, -0.1) is 0 Å². The van der Waals surface area contributed by atoms with Crippen LogP contribution >= 0.6 is 0 Å². The van der Waals surface area contributed by atoms with Crippen molar-refractivity contribution in [1.82, 2.24) is 9.80 Å². The first-order valence-corrected chi connectivity index (χ1v) is 8.66. The van der Waals surface area contributed by atoms with Crippen LogP contribution in [0.25, 0.3) is 0 Å². The molecule has 3 rings (SSSR count). The highest BCUT2D eigenvalue weighted by Gasteiger charge is 2.50. The summed E-state index contributed by atoms with van der Waals surface area (Å²) >= 11 is 0. The molecule has 2 N–H and O–H groups in total. The molecule has 0 aromatic heterocycles. The molecule has 1 spiro atoms. The van der Waals surface area contributed by atoms with E-state index in [4.69, 9.17) is 5.73 Å². The lowest BCUT2D eigenvalue weighted by Crippen LogP contribution is -2.47. The van der Waals surface area contributed by atoms with E-state index < -0.39 is 5.91 Å². The van der Waals surface area contributed by atoms with Gasteiger partial charge in [0.2, 0.25) is 11.8 Å². The van der Waals surface area contributed by atoms with E-state index in [2.05, 4.69) is 49.3 Å². The fourth-order valence-corrected chi connectivity index (χ4v) is 4.59. The van der Waals surface area contributed by atoms with Crippen LogP contribution in [0.2, 0.25) is 0 Å². The summed E-state index contributed by atoms with van der Waals surface area (Å²) in [7, 11) is 4.29. The van der Waals surface area contributed by atoms with Crippen molar-refractivity contribution in [2.75, 3.05) is 27.2 Å². The summed E-state index contributed by atoms with van der Waals surface area (Å²) in [6.07, 6.45) is 4.62. The van der Waals surface area contributed by atoms with E-state index >= 15 is 0 Å². The highest BCUT2D eigenvalue weighted by atomic mass is 16.2. The second-order valence-electron chi connectivity index (χ2n) is 7.68. The number of benzene rings is 1. The Labute approximate surface area is 143 Å². The average molecular weight is 329 g/mol. The minimum absolute atomic E-state index is 0.0147. The van der Waals surface area contributed by atoms with Crippen LogP contribution in [0.1, 0.15) is 37.7 Å². The second kappa shape index (κ2) is 6.20. The first-order valence-electron chi connectivity index (χ1n) is 8.66. The van der Waals surface area contributed by atoms with E-state index in [9.17, 15) is 9.59 Å². The van der Waals surface area contributed by atoms with Gasteiger partial charge in [0.1, 0.15) is 0 Å². The van der Waals surface area contributed by atoms with Crippen molar-refractivity contribution >= 4 is 11.8 Å². The summed E-state index contributed by atoms with van der Waals surface area (Å²) in [5.74, 6) is -0.353. The average Bonchev–Trinajstić information content (AvgIpc) is 2.84. The van der Waals surface area contributed by atoms with E-state index in [0.717, 1.165) is 25.7 Å². The molecule has 1 aliphatic heterocycles. The third kappa shape index (κ3) is 2.93. The van der Waals surface area contributed by atoms with Gasteiger partial charge in [0.15, 0.2) is 0 Å². The van der Waals surface area contributed by atoms with Crippen molar-refractivity contribution < 1.29 is 9.59 Å². The first kappa shape index (κ1) is 17.0. The lowest BCUT2D eigenvalue weighted by molar-refractivity contribution is -0.132. The molecule has 0 unspecified atom stereocenters. The maximum absolute atomic E-state index is 12.3. The minimum Gasteiger partial charge on any atom is -0.368 e. The first-order chi connectivity index (χ1) is 11.4. The molecule has 0 atom stereocenters. The molecule has 2 fully saturated rings. The number of nitrogens with zero attached hydrogens (tertiary/aromatic N) is 2. The molecule has 130 valence electrons. The van der Waals surface area contributed by atoms with Gasteiger partial charge in [0, 0.05) is 18.5 Å². The lowest BCUT2D eigenvalue weighted by Gasteiger charge is -2.48. The van der Waals surface area contributed by atoms with E-state index in [1.807, 2.05) is 0 Å². The molecular weight excluding hydrogens is 302 g/mol. The van der Waals surface area contributed by atoms with Crippen LogP contribution in [0.15, 0.2) is 30.3 Å². The summed E-state index contributed by atoms with van der Waals surface area (Å²) in [6, 6.07) is 10.7. The Hall–Kier alpha value is -1.88. The van der Waals surface area contributed by atoms with E-state index in [0.29, 0.717) is 13.0 Å². The van der Waals surface area contributed by atoms with Crippen molar-refractivity contribution in [2.24, 2.45) is 11.1 Å². The SMILES string of the molecule is CN(C)[C@]1(c2ccccc2)CC[C@@]2(CC1)CC(=O)N(CC(N)=O)C2.